The molecule has 1 aromatic rings. The molecule has 1 saturated heterocycles. The number of nitrogens with zero attached hydrogens (tertiary/aromatic N) is 1. The highest BCUT2D eigenvalue weighted by Crippen LogP contribution is 2.09. The van der Waals surface area contributed by atoms with Gasteiger partial charge in [-0.3, -0.25) is 10.3 Å². The lowest BCUT2D eigenvalue weighted by molar-refractivity contribution is 0.546. The fourth-order valence-electron chi connectivity index (χ4n) is 1.17. The summed E-state index contributed by atoms with van der Waals surface area (Å²) in [6.45, 7) is 0. The van der Waals surface area contributed by atoms with Gasteiger partial charge in [0.1, 0.15) is 6.29 Å². The standard InChI is InChI=1S/C7H11N5/c8-7-10-6(11-12-7)5-1-3-9-4-2-5/h1-4,6-7,10-12H,8H2. The van der Waals surface area contributed by atoms with Gasteiger partial charge in [0.15, 0.2) is 0 Å². The van der Waals surface area contributed by atoms with E-state index in [0.29, 0.717) is 0 Å². The minimum absolute atomic E-state index is 0.0722. The van der Waals surface area contributed by atoms with Crippen LogP contribution in [0.4, 0.5) is 0 Å². The summed E-state index contributed by atoms with van der Waals surface area (Å²) in [4.78, 5) is 3.93. The summed E-state index contributed by atoms with van der Waals surface area (Å²) in [5.74, 6) is 0. The van der Waals surface area contributed by atoms with E-state index in [9.17, 15) is 0 Å². The van der Waals surface area contributed by atoms with Crippen LogP contribution in [-0.4, -0.2) is 11.3 Å². The van der Waals surface area contributed by atoms with Crippen LogP contribution in [0.1, 0.15) is 11.7 Å². The maximum atomic E-state index is 5.56. The first-order valence-corrected chi connectivity index (χ1v) is 3.79. The highest BCUT2D eigenvalue weighted by atomic mass is 15.6. The smallest absolute Gasteiger partial charge is 0.123 e. The van der Waals surface area contributed by atoms with Crippen LogP contribution in [0.15, 0.2) is 24.5 Å². The number of pyridine rings is 1. The van der Waals surface area contributed by atoms with E-state index < -0.39 is 0 Å². The predicted molar refractivity (Wildman–Crippen MR) is 44.4 cm³/mol. The number of rotatable bonds is 1. The fourth-order valence-corrected chi connectivity index (χ4v) is 1.17. The highest BCUT2D eigenvalue weighted by molar-refractivity contribution is 5.14. The number of hydrogen-bond donors (Lipinski definition) is 4. The molecule has 12 heavy (non-hydrogen) atoms. The van der Waals surface area contributed by atoms with E-state index >= 15 is 0 Å². The summed E-state index contributed by atoms with van der Waals surface area (Å²) in [6.07, 6.45) is 3.39. The van der Waals surface area contributed by atoms with Gasteiger partial charge in [0, 0.05) is 12.4 Å². The molecule has 5 N–H and O–H groups in total. The Morgan fingerprint density at radius 1 is 1.25 bits per heavy atom. The van der Waals surface area contributed by atoms with Crippen molar-refractivity contribution in [3.63, 3.8) is 0 Å². The van der Waals surface area contributed by atoms with Crippen LogP contribution in [0.2, 0.25) is 0 Å². The van der Waals surface area contributed by atoms with E-state index in [0.717, 1.165) is 5.56 Å². The van der Waals surface area contributed by atoms with E-state index in [-0.39, 0.29) is 12.5 Å². The quantitative estimate of drug-likeness (QED) is 0.430. The van der Waals surface area contributed by atoms with E-state index in [1.54, 1.807) is 12.4 Å². The van der Waals surface area contributed by atoms with E-state index in [4.69, 9.17) is 5.73 Å². The zero-order valence-electron chi connectivity index (χ0n) is 6.49. The minimum atomic E-state index is -0.192. The third-order valence-electron chi connectivity index (χ3n) is 1.77. The lowest BCUT2D eigenvalue weighted by Crippen LogP contribution is -2.41. The average Bonchev–Trinajstić information content (AvgIpc) is 2.54. The van der Waals surface area contributed by atoms with Crippen molar-refractivity contribution in [1.29, 1.82) is 0 Å². The molecule has 1 aliphatic heterocycles. The van der Waals surface area contributed by atoms with Crippen LogP contribution in [0.25, 0.3) is 0 Å². The molecular weight excluding hydrogens is 154 g/mol. The summed E-state index contributed by atoms with van der Waals surface area (Å²) < 4.78 is 0. The van der Waals surface area contributed by atoms with Crippen LogP contribution in [-0.2, 0) is 0 Å². The Bertz CT molecular complexity index is 249. The van der Waals surface area contributed by atoms with Crippen LogP contribution < -0.4 is 21.9 Å². The second-order valence-electron chi connectivity index (χ2n) is 2.65. The van der Waals surface area contributed by atoms with Gasteiger partial charge in [-0.15, -0.1) is 0 Å². The van der Waals surface area contributed by atoms with Gasteiger partial charge in [0.05, 0.1) is 6.17 Å². The van der Waals surface area contributed by atoms with Gasteiger partial charge in [-0.1, -0.05) is 0 Å². The van der Waals surface area contributed by atoms with Crippen molar-refractivity contribution in [2.45, 2.75) is 12.5 Å². The van der Waals surface area contributed by atoms with Crippen molar-refractivity contribution >= 4 is 0 Å². The maximum absolute atomic E-state index is 5.56. The molecule has 0 saturated carbocycles. The van der Waals surface area contributed by atoms with Gasteiger partial charge in [-0.05, 0) is 17.7 Å². The van der Waals surface area contributed by atoms with Gasteiger partial charge >= 0.3 is 0 Å². The largest absolute Gasteiger partial charge is 0.303 e. The van der Waals surface area contributed by atoms with Crippen LogP contribution in [0.5, 0.6) is 0 Å². The first-order valence-electron chi connectivity index (χ1n) is 3.79. The SMILES string of the molecule is NC1NNC(c2ccncc2)N1. The number of nitrogens with one attached hydrogen (secondary N) is 3. The van der Waals surface area contributed by atoms with Crippen LogP contribution >= 0.6 is 0 Å². The number of nitrogens with two attached hydrogens (primary N) is 1. The van der Waals surface area contributed by atoms with Crippen LogP contribution in [0, 0.1) is 0 Å². The van der Waals surface area contributed by atoms with Crippen molar-refractivity contribution in [3.8, 4) is 0 Å². The molecule has 0 aliphatic carbocycles. The molecule has 1 fully saturated rings. The lowest BCUT2D eigenvalue weighted by Gasteiger charge is -2.09. The van der Waals surface area contributed by atoms with Crippen molar-refractivity contribution < 1.29 is 0 Å². The molecule has 2 unspecified atom stereocenters. The molecule has 64 valence electrons. The second-order valence-corrected chi connectivity index (χ2v) is 2.65. The van der Waals surface area contributed by atoms with Crippen molar-refractivity contribution in [2.75, 3.05) is 0 Å². The molecule has 2 heterocycles. The van der Waals surface area contributed by atoms with Crippen molar-refractivity contribution in [2.24, 2.45) is 5.73 Å². The average molecular weight is 165 g/mol. The first kappa shape index (κ1) is 7.63. The number of hydrazine groups is 1. The maximum Gasteiger partial charge on any atom is 0.123 e. The Kier molecular flexibility index (Phi) is 2.01. The fraction of sp³-hybridized carbons (Fsp3) is 0.286. The Morgan fingerprint density at radius 2 is 2.00 bits per heavy atom. The van der Waals surface area contributed by atoms with Gasteiger partial charge in [0.2, 0.25) is 0 Å². The molecule has 0 radical (unpaired) electrons. The van der Waals surface area contributed by atoms with Gasteiger partial charge in [0.25, 0.3) is 0 Å². The molecule has 2 rings (SSSR count). The Morgan fingerprint density at radius 3 is 2.58 bits per heavy atom. The van der Waals surface area contributed by atoms with E-state index in [1.165, 1.54) is 0 Å². The van der Waals surface area contributed by atoms with Crippen molar-refractivity contribution in [3.05, 3.63) is 30.1 Å². The van der Waals surface area contributed by atoms with E-state index in [2.05, 4.69) is 21.2 Å². The molecule has 0 aromatic carbocycles. The summed E-state index contributed by atoms with van der Waals surface area (Å²) in [5.41, 5.74) is 12.6. The molecule has 2 atom stereocenters. The Balaban J connectivity index is 2.11. The highest BCUT2D eigenvalue weighted by Gasteiger charge is 2.19. The molecule has 0 bridgehead atoms. The number of aromatic nitrogens is 1. The molecular formula is C7H11N5. The molecule has 5 heteroatoms. The Labute approximate surface area is 70.3 Å². The minimum Gasteiger partial charge on any atom is -0.303 e. The van der Waals surface area contributed by atoms with Crippen LogP contribution in [0.3, 0.4) is 0 Å². The monoisotopic (exact) mass is 165 g/mol. The lowest BCUT2D eigenvalue weighted by atomic mass is 10.2. The van der Waals surface area contributed by atoms with Gasteiger partial charge in [-0.25, -0.2) is 10.9 Å². The topological polar surface area (TPSA) is 75.0 Å². The second kappa shape index (κ2) is 3.16. The van der Waals surface area contributed by atoms with Gasteiger partial charge in [-0.2, -0.15) is 0 Å². The molecule has 1 aliphatic rings. The third kappa shape index (κ3) is 1.44. The summed E-state index contributed by atoms with van der Waals surface area (Å²) >= 11 is 0. The van der Waals surface area contributed by atoms with Crippen molar-refractivity contribution in [1.82, 2.24) is 21.2 Å². The third-order valence-corrected chi connectivity index (χ3v) is 1.77. The summed E-state index contributed by atoms with van der Waals surface area (Å²) in [6, 6.07) is 3.87. The molecule has 1 aromatic heterocycles. The summed E-state index contributed by atoms with van der Waals surface area (Å²) in [5, 5.41) is 3.10. The Hall–Kier alpha value is -1.01. The zero-order chi connectivity index (χ0) is 8.39. The normalized spacial score (nSPS) is 29.1. The predicted octanol–water partition coefficient (Wildman–Crippen LogP) is -0.980. The van der Waals surface area contributed by atoms with E-state index in [1.807, 2.05) is 12.1 Å². The molecule has 5 nitrogen and oxygen atoms in total. The molecule has 0 amide bonds. The molecule has 0 spiro atoms. The zero-order valence-corrected chi connectivity index (χ0v) is 6.49. The summed E-state index contributed by atoms with van der Waals surface area (Å²) in [7, 11) is 0. The number of hydrogen-bond acceptors (Lipinski definition) is 5. The van der Waals surface area contributed by atoms with Gasteiger partial charge < -0.3 is 5.73 Å². The first-order chi connectivity index (χ1) is 5.86.